The average molecular weight is 507 g/mol. The number of amides is 1. The molecule has 0 aliphatic rings. The summed E-state index contributed by atoms with van der Waals surface area (Å²) in [6.45, 7) is 1.66. The van der Waals surface area contributed by atoms with Gasteiger partial charge in [0.05, 0.1) is 11.2 Å². The third kappa shape index (κ3) is 5.80. The van der Waals surface area contributed by atoms with Crippen LogP contribution in [0.2, 0.25) is 5.02 Å². The van der Waals surface area contributed by atoms with Gasteiger partial charge in [-0.05, 0) is 50.5 Å². The predicted octanol–water partition coefficient (Wildman–Crippen LogP) is 4.39. The van der Waals surface area contributed by atoms with Crippen LogP contribution in [0.15, 0.2) is 30.5 Å². The number of rotatable bonds is 8. The number of carbonyl (C=O) groups excluding carboxylic acids is 1. The topological polar surface area (TPSA) is 109 Å². The molecule has 1 aromatic carbocycles. The first kappa shape index (κ1) is 24.9. The van der Waals surface area contributed by atoms with Gasteiger partial charge in [0.25, 0.3) is 0 Å². The Bertz CT molecular complexity index is 1280. The molecule has 13 heteroatoms. The first-order valence-corrected chi connectivity index (χ1v) is 11.7. The molecule has 0 saturated carbocycles. The number of fused-ring (bicyclic) bond motifs is 1. The lowest BCUT2D eigenvalue weighted by atomic mass is 10.1. The monoisotopic (exact) mass is 506 g/mol. The van der Waals surface area contributed by atoms with Gasteiger partial charge >= 0.3 is 22.4 Å². The van der Waals surface area contributed by atoms with Gasteiger partial charge in [-0.3, -0.25) is 4.68 Å². The van der Waals surface area contributed by atoms with Crippen LogP contribution in [0, 0.1) is 6.92 Å². The largest absolute Gasteiger partial charge is 0.420 e. The van der Waals surface area contributed by atoms with Crippen molar-refractivity contribution in [3.05, 3.63) is 46.7 Å². The number of hydrogen-bond acceptors (Lipinski definition) is 5. The lowest BCUT2D eigenvalue weighted by Gasteiger charge is -2.18. The second-order valence-electron chi connectivity index (χ2n) is 7.63. The number of aromatic nitrogens is 3. The summed E-state index contributed by atoms with van der Waals surface area (Å²) in [7, 11) is -2.92. The van der Waals surface area contributed by atoms with E-state index in [2.05, 4.69) is 9.28 Å². The van der Waals surface area contributed by atoms with Crippen LogP contribution in [0.5, 0.6) is 0 Å². The summed E-state index contributed by atoms with van der Waals surface area (Å²) in [4.78, 5) is 11.1. The zero-order chi connectivity index (χ0) is 24.6. The standard InChI is InChI=1S/C20H22ClF3N4O4S/c1-12-16(11-15(4-3-8-20(22,23)24)33(30,31)32-19(25)29)18(27(2)26-12)28-9-7-13-10-14(21)5-6-17(13)28/h5-7,9-10,15H,3-4,8,11H2,1-2H3,(H2,25,29). The molecule has 3 aromatic rings. The minimum Gasteiger partial charge on any atom is -0.334 e. The van der Waals surface area contributed by atoms with Gasteiger partial charge in [-0.15, -0.1) is 0 Å². The number of alkyl halides is 3. The number of hydrogen-bond donors (Lipinski definition) is 1. The van der Waals surface area contributed by atoms with Crippen molar-refractivity contribution in [2.75, 3.05) is 0 Å². The van der Waals surface area contributed by atoms with Gasteiger partial charge in [0.15, 0.2) is 0 Å². The van der Waals surface area contributed by atoms with Gasteiger partial charge in [0, 0.05) is 35.6 Å². The van der Waals surface area contributed by atoms with E-state index in [1.54, 1.807) is 47.6 Å². The van der Waals surface area contributed by atoms with Crippen LogP contribution in [0.25, 0.3) is 16.7 Å². The highest BCUT2D eigenvalue weighted by Gasteiger charge is 2.34. The molecule has 3 rings (SSSR count). The number of halogens is 4. The Hall–Kier alpha value is -2.73. The van der Waals surface area contributed by atoms with Crippen molar-refractivity contribution in [1.82, 2.24) is 14.3 Å². The number of nitrogens with zero attached hydrogens (tertiary/aromatic N) is 3. The summed E-state index contributed by atoms with van der Waals surface area (Å²) < 4.78 is 70.8. The van der Waals surface area contributed by atoms with Crippen LogP contribution >= 0.6 is 11.6 Å². The van der Waals surface area contributed by atoms with E-state index in [0.717, 1.165) is 10.9 Å². The molecule has 0 aliphatic heterocycles. The third-order valence-corrected chi connectivity index (χ3v) is 7.07. The maximum Gasteiger partial charge on any atom is 0.420 e. The molecule has 8 nitrogen and oxygen atoms in total. The van der Waals surface area contributed by atoms with Crippen molar-refractivity contribution >= 4 is 38.7 Å². The van der Waals surface area contributed by atoms with Crippen LogP contribution in [0.4, 0.5) is 18.0 Å². The fourth-order valence-corrected chi connectivity index (χ4v) is 5.19. The van der Waals surface area contributed by atoms with Crippen LogP contribution in [0.3, 0.4) is 0 Å². The minimum absolute atomic E-state index is 0.226. The van der Waals surface area contributed by atoms with Crippen molar-refractivity contribution in [3.63, 3.8) is 0 Å². The van der Waals surface area contributed by atoms with Crippen LogP contribution in [-0.2, 0) is 27.8 Å². The number of aryl methyl sites for hydroxylation is 2. The van der Waals surface area contributed by atoms with E-state index in [4.69, 9.17) is 17.3 Å². The minimum atomic E-state index is -4.58. The Balaban J connectivity index is 2.03. The Morgan fingerprint density at radius 3 is 2.64 bits per heavy atom. The van der Waals surface area contributed by atoms with E-state index in [9.17, 15) is 26.4 Å². The Morgan fingerprint density at radius 2 is 2.00 bits per heavy atom. The quantitative estimate of drug-likeness (QED) is 0.455. The number of benzene rings is 1. The first-order valence-electron chi connectivity index (χ1n) is 9.87. The van der Waals surface area contributed by atoms with E-state index in [1.165, 1.54) is 0 Å². The fourth-order valence-electron chi connectivity index (χ4n) is 3.82. The van der Waals surface area contributed by atoms with E-state index in [-0.39, 0.29) is 12.8 Å². The highest BCUT2D eigenvalue weighted by molar-refractivity contribution is 7.87. The highest BCUT2D eigenvalue weighted by Crippen LogP contribution is 2.30. The van der Waals surface area contributed by atoms with Crippen molar-refractivity contribution in [2.24, 2.45) is 12.8 Å². The van der Waals surface area contributed by atoms with Gasteiger partial charge in [0.1, 0.15) is 11.1 Å². The lowest BCUT2D eigenvalue weighted by molar-refractivity contribution is -0.135. The van der Waals surface area contributed by atoms with Crippen molar-refractivity contribution < 1.29 is 30.6 Å². The van der Waals surface area contributed by atoms with Crippen molar-refractivity contribution in [2.45, 2.75) is 44.0 Å². The zero-order valence-corrected chi connectivity index (χ0v) is 19.3. The van der Waals surface area contributed by atoms with Gasteiger partial charge in [-0.2, -0.15) is 26.7 Å². The normalized spacial score (nSPS) is 13.4. The zero-order valence-electron chi connectivity index (χ0n) is 17.8. The number of primary amides is 1. The van der Waals surface area contributed by atoms with Gasteiger partial charge in [-0.1, -0.05) is 11.6 Å². The molecule has 33 heavy (non-hydrogen) atoms. The average Bonchev–Trinajstić information content (AvgIpc) is 3.18. The second-order valence-corrected chi connectivity index (χ2v) is 9.88. The number of nitrogens with two attached hydrogens (primary N) is 1. The summed E-state index contributed by atoms with van der Waals surface area (Å²) in [6.07, 6.45) is -6.48. The molecule has 0 aliphatic carbocycles. The summed E-state index contributed by atoms with van der Waals surface area (Å²) in [6, 6.07) is 7.08. The Kier molecular flexibility index (Phi) is 6.99. The molecule has 1 amide bonds. The molecule has 0 radical (unpaired) electrons. The molecule has 2 heterocycles. The van der Waals surface area contributed by atoms with Gasteiger partial charge in [-0.25, -0.2) is 4.79 Å². The maximum atomic E-state index is 12.7. The molecule has 1 atom stereocenters. The molecule has 0 fully saturated rings. The molecule has 0 bridgehead atoms. The van der Waals surface area contributed by atoms with Crippen molar-refractivity contribution in [3.8, 4) is 5.82 Å². The van der Waals surface area contributed by atoms with Crippen LogP contribution in [-0.4, -0.2) is 40.3 Å². The molecule has 180 valence electrons. The molecular weight excluding hydrogens is 485 g/mol. The second kappa shape index (κ2) is 9.26. The van der Waals surface area contributed by atoms with Gasteiger partial charge in [0.2, 0.25) is 0 Å². The van der Waals surface area contributed by atoms with Crippen LogP contribution in [0.1, 0.15) is 30.5 Å². The molecule has 1 unspecified atom stereocenters. The Labute approximate surface area is 193 Å². The summed E-state index contributed by atoms with van der Waals surface area (Å²) in [5.41, 5.74) is 6.61. The smallest absolute Gasteiger partial charge is 0.334 e. The first-order chi connectivity index (χ1) is 15.3. The van der Waals surface area contributed by atoms with E-state index in [1.807, 2.05) is 6.07 Å². The molecule has 0 saturated heterocycles. The third-order valence-electron chi connectivity index (χ3n) is 5.22. The summed E-state index contributed by atoms with van der Waals surface area (Å²) in [5, 5.41) is 4.30. The summed E-state index contributed by atoms with van der Waals surface area (Å²) >= 11 is 6.06. The summed E-state index contributed by atoms with van der Waals surface area (Å²) in [5.74, 6) is 0.528. The fraction of sp³-hybridized carbons (Fsp3) is 0.400. The number of carbonyl (C=O) groups is 1. The van der Waals surface area contributed by atoms with E-state index < -0.39 is 40.5 Å². The molecule has 2 aromatic heterocycles. The lowest BCUT2D eigenvalue weighted by Crippen LogP contribution is -2.31. The van der Waals surface area contributed by atoms with E-state index >= 15 is 0 Å². The Morgan fingerprint density at radius 1 is 1.30 bits per heavy atom. The molecule has 2 N–H and O–H groups in total. The van der Waals surface area contributed by atoms with Crippen molar-refractivity contribution in [1.29, 1.82) is 0 Å². The molecular formula is C20H22ClF3N4O4S. The predicted molar refractivity (Wildman–Crippen MR) is 117 cm³/mol. The highest BCUT2D eigenvalue weighted by atomic mass is 35.5. The van der Waals surface area contributed by atoms with E-state index in [0.29, 0.717) is 22.1 Å². The molecule has 0 spiro atoms. The van der Waals surface area contributed by atoms with Gasteiger partial charge < -0.3 is 14.5 Å². The maximum absolute atomic E-state index is 12.7. The SMILES string of the molecule is Cc1nn(C)c(-n2ccc3cc(Cl)ccc32)c1CC(CCCC(F)(F)F)S(=O)(=O)OC(N)=O. The van der Waals surface area contributed by atoms with Crippen LogP contribution < -0.4 is 5.73 Å².